The van der Waals surface area contributed by atoms with Gasteiger partial charge in [-0.2, -0.15) is 0 Å². The van der Waals surface area contributed by atoms with Crippen LogP contribution in [0.15, 0.2) is 10.7 Å². The number of nitrogens with zero attached hydrogens (tertiary/aromatic N) is 1. The van der Waals surface area contributed by atoms with E-state index in [1.807, 2.05) is 0 Å². The van der Waals surface area contributed by atoms with Crippen molar-refractivity contribution in [3.63, 3.8) is 0 Å². The molecule has 46 valence electrons. The Kier molecular flexibility index (Phi) is 0.677. The Bertz CT molecular complexity index is 252. The largest absolute Gasteiger partial charge is 0.454 e. The van der Waals surface area contributed by atoms with Gasteiger partial charge in [-0.25, -0.2) is 4.79 Å². The van der Waals surface area contributed by atoms with E-state index in [9.17, 15) is 4.79 Å². The predicted molar refractivity (Wildman–Crippen MR) is 25.6 cm³/mol. The van der Waals surface area contributed by atoms with Gasteiger partial charge in [0.2, 0.25) is 0 Å². The lowest BCUT2D eigenvalue weighted by Gasteiger charge is -1.84. The third-order valence-electron chi connectivity index (χ3n) is 1.20. The molecule has 1 aliphatic heterocycles. The number of carbonyl (C=O) groups excluding carboxylic acids is 1. The van der Waals surface area contributed by atoms with E-state index in [0.717, 1.165) is 0 Å². The standard InChI is InChI=1S/C5H3NO3/c7-5-3-1-6-9-4(3)2-8-5/h1H,2H2. The minimum atomic E-state index is -0.341. The number of rotatable bonds is 0. The van der Waals surface area contributed by atoms with Gasteiger partial charge in [0.25, 0.3) is 0 Å². The SMILES string of the molecule is O=C1OCc2oncc21. The molecule has 0 bridgehead atoms. The summed E-state index contributed by atoms with van der Waals surface area (Å²) in [6, 6.07) is 0. The summed E-state index contributed by atoms with van der Waals surface area (Å²) in [5, 5.41) is 3.42. The summed E-state index contributed by atoms with van der Waals surface area (Å²) in [6.07, 6.45) is 1.37. The lowest BCUT2D eigenvalue weighted by Crippen LogP contribution is -1.91. The maximum absolute atomic E-state index is 10.6. The molecule has 9 heavy (non-hydrogen) atoms. The smallest absolute Gasteiger partial charge is 0.344 e. The molecule has 2 rings (SSSR count). The molecular weight excluding hydrogens is 122 g/mol. The van der Waals surface area contributed by atoms with E-state index in [0.29, 0.717) is 11.3 Å². The molecular formula is C5H3NO3. The summed E-state index contributed by atoms with van der Waals surface area (Å²) in [4.78, 5) is 10.6. The van der Waals surface area contributed by atoms with Crippen LogP contribution in [0.3, 0.4) is 0 Å². The van der Waals surface area contributed by atoms with Crippen LogP contribution in [0.4, 0.5) is 0 Å². The van der Waals surface area contributed by atoms with Gasteiger partial charge in [0.1, 0.15) is 5.56 Å². The van der Waals surface area contributed by atoms with Gasteiger partial charge in [-0.05, 0) is 0 Å². The molecule has 1 aromatic heterocycles. The minimum absolute atomic E-state index is 0.230. The van der Waals surface area contributed by atoms with Crippen molar-refractivity contribution in [1.82, 2.24) is 5.16 Å². The van der Waals surface area contributed by atoms with E-state index in [-0.39, 0.29) is 12.6 Å². The Balaban J connectivity index is 2.61. The molecule has 0 amide bonds. The summed E-state index contributed by atoms with van der Waals surface area (Å²) < 4.78 is 9.24. The highest BCUT2D eigenvalue weighted by Gasteiger charge is 2.24. The summed E-state index contributed by atoms with van der Waals surface area (Å²) >= 11 is 0. The molecule has 0 N–H and O–H groups in total. The third kappa shape index (κ3) is 0.468. The van der Waals surface area contributed by atoms with Crippen LogP contribution < -0.4 is 0 Å². The fourth-order valence-electron chi connectivity index (χ4n) is 0.743. The van der Waals surface area contributed by atoms with Gasteiger partial charge < -0.3 is 9.26 Å². The van der Waals surface area contributed by atoms with Crippen molar-refractivity contribution < 1.29 is 14.1 Å². The van der Waals surface area contributed by atoms with Gasteiger partial charge in [-0.3, -0.25) is 0 Å². The zero-order chi connectivity index (χ0) is 6.27. The van der Waals surface area contributed by atoms with Crippen molar-refractivity contribution in [1.29, 1.82) is 0 Å². The van der Waals surface area contributed by atoms with Gasteiger partial charge >= 0.3 is 5.97 Å². The van der Waals surface area contributed by atoms with E-state index in [2.05, 4.69) is 14.4 Å². The van der Waals surface area contributed by atoms with Crippen molar-refractivity contribution >= 4 is 5.97 Å². The number of hydrogen-bond acceptors (Lipinski definition) is 4. The number of esters is 1. The Morgan fingerprint density at radius 1 is 1.67 bits per heavy atom. The van der Waals surface area contributed by atoms with Crippen molar-refractivity contribution in [2.45, 2.75) is 6.61 Å². The average Bonchev–Trinajstić information content (AvgIpc) is 2.35. The first-order chi connectivity index (χ1) is 4.38. The number of cyclic esters (lactones) is 1. The maximum Gasteiger partial charge on any atom is 0.344 e. The van der Waals surface area contributed by atoms with Crippen LogP contribution >= 0.6 is 0 Å². The quantitative estimate of drug-likeness (QED) is 0.469. The predicted octanol–water partition coefficient (Wildman–Crippen LogP) is 0.345. The Labute approximate surface area is 50.4 Å². The van der Waals surface area contributed by atoms with E-state index in [4.69, 9.17) is 0 Å². The number of carbonyl (C=O) groups is 1. The second kappa shape index (κ2) is 1.34. The second-order valence-electron chi connectivity index (χ2n) is 1.74. The van der Waals surface area contributed by atoms with Gasteiger partial charge in [0.15, 0.2) is 12.4 Å². The monoisotopic (exact) mass is 125 g/mol. The lowest BCUT2D eigenvalue weighted by atomic mass is 10.3. The molecule has 4 nitrogen and oxygen atoms in total. The van der Waals surface area contributed by atoms with Crippen LogP contribution in [0.5, 0.6) is 0 Å². The molecule has 4 heteroatoms. The van der Waals surface area contributed by atoms with Crippen molar-refractivity contribution in [3.05, 3.63) is 17.5 Å². The van der Waals surface area contributed by atoms with Crippen LogP contribution in [-0.4, -0.2) is 11.1 Å². The zero-order valence-corrected chi connectivity index (χ0v) is 4.46. The Morgan fingerprint density at radius 3 is 3.33 bits per heavy atom. The molecule has 0 saturated heterocycles. The van der Waals surface area contributed by atoms with Crippen LogP contribution in [0, 0.1) is 0 Å². The Morgan fingerprint density at radius 2 is 2.56 bits per heavy atom. The van der Waals surface area contributed by atoms with Crippen molar-refractivity contribution in [2.24, 2.45) is 0 Å². The first-order valence-corrected chi connectivity index (χ1v) is 2.48. The van der Waals surface area contributed by atoms with Crippen LogP contribution in [0.2, 0.25) is 0 Å². The molecule has 0 unspecified atom stereocenters. The van der Waals surface area contributed by atoms with Gasteiger partial charge in [-0.1, -0.05) is 5.16 Å². The van der Waals surface area contributed by atoms with E-state index >= 15 is 0 Å². The van der Waals surface area contributed by atoms with Gasteiger partial charge in [-0.15, -0.1) is 0 Å². The molecule has 0 aliphatic carbocycles. The minimum Gasteiger partial charge on any atom is -0.454 e. The van der Waals surface area contributed by atoms with Crippen LogP contribution in [-0.2, 0) is 11.3 Å². The van der Waals surface area contributed by atoms with Crippen molar-refractivity contribution in [2.75, 3.05) is 0 Å². The summed E-state index contributed by atoms with van der Waals surface area (Å²) in [7, 11) is 0. The summed E-state index contributed by atoms with van der Waals surface area (Å²) in [5.74, 6) is 0.186. The lowest BCUT2D eigenvalue weighted by molar-refractivity contribution is 0.0513. The normalized spacial score (nSPS) is 15.3. The van der Waals surface area contributed by atoms with Gasteiger partial charge in [0, 0.05) is 0 Å². The highest BCUT2D eigenvalue weighted by atomic mass is 16.6. The molecule has 0 aromatic carbocycles. The number of fused-ring (bicyclic) bond motifs is 1. The molecule has 1 aliphatic rings. The first-order valence-electron chi connectivity index (χ1n) is 2.48. The topological polar surface area (TPSA) is 52.3 Å². The fourth-order valence-corrected chi connectivity index (χ4v) is 0.743. The molecule has 0 radical (unpaired) electrons. The zero-order valence-electron chi connectivity index (χ0n) is 4.46. The second-order valence-corrected chi connectivity index (χ2v) is 1.74. The van der Waals surface area contributed by atoms with Crippen molar-refractivity contribution in [3.8, 4) is 0 Å². The van der Waals surface area contributed by atoms with E-state index in [1.165, 1.54) is 6.20 Å². The highest BCUT2D eigenvalue weighted by Crippen LogP contribution is 2.17. The molecule has 1 aromatic rings. The van der Waals surface area contributed by atoms with E-state index in [1.54, 1.807) is 0 Å². The molecule has 2 heterocycles. The number of aromatic nitrogens is 1. The van der Waals surface area contributed by atoms with E-state index < -0.39 is 0 Å². The van der Waals surface area contributed by atoms with Crippen LogP contribution in [0.25, 0.3) is 0 Å². The number of hydrogen-bond donors (Lipinski definition) is 0. The number of ether oxygens (including phenoxy) is 1. The summed E-state index contributed by atoms with van der Waals surface area (Å²) in [6.45, 7) is 0.230. The Hall–Kier alpha value is -1.32. The van der Waals surface area contributed by atoms with Gasteiger partial charge in [0.05, 0.1) is 6.20 Å². The first kappa shape index (κ1) is 4.55. The molecule has 0 atom stereocenters. The maximum atomic E-state index is 10.6. The molecule has 0 spiro atoms. The summed E-state index contributed by atoms with van der Waals surface area (Å²) in [5.41, 5.74) is 0.454. The van der Waals surface area contributed by atoms with Crippen LogP contribution in [0.1, 0.15) is 16.1 Å². The molecule has 0 saturated carbocycles. The molecule has 0 fully saturated rings. The average molecular weight is 125 g/mol. The fraction of sp³-hybridized carbons (Fsp3) is 0.200. The highest BCUT2D eigenvalue weighted by molar-refractivity contribution is 5.91. The third-order valence-corrected chi connectivity index (χ3v) is 1.20.